The van der Waals surface area contributed by atoms with Crippen molar-refractivity contribution in [3.63, 3.8) is 0 Å². The van der Waals surface area contributed by atoms with E-state index in [2.05, 4.69) is 26.6 Å². The number of ether oxygens (including phenoxy) is 1. The first kappa shape index (κ1) is 35.0. The molecule has 16 nitrogen and oxygen atoms in total. The van der Waals surface area contributed by atoms with Gasteiger partial charge < -0.3 is 50.8 Å². The molecule has 1 aliphatic rings. The van der Waals surface area contributed by atoms with E-state index >= 15 is 0 Å². The zero-order valence-corrected chi connectivity index (χ0v) is 27.1. The number of amides is 5. The number of nitrogens with zero attached hydrogens (tertiary/aromatic N) is 3. The summed E-state index contributed by atoms with van der Waals surface area (Å²) in [6.45, 7) is 0.553. The van der Waals surface area contributed by atoms with Gasteiger partial charge in [0.1, 0.15) is 17.1 Å². The topological polar surface area (TPSA) is 223 Å². The molecule has 1 aliphatic heterocycles. The number of nitrogens with two attached hydrogens (primary N) is 1. The number of nitrogens with one attached hydrogen (secondary N) is 6. The van der Waals surface area contributed by atoms with Crippen LogP contribution in [0.25, 0.3) is 0 Å². The van der Waals surface area contributed by atoms with Gasteiger partial charge in [0, 0.05) is 52.7 Å². The van der Waals surface area contributed by atoms with Crippen LogP contribution in [0.2, 0.25) is 0 Å². The molecule has 48 heavy (non-hydrogen) atoms. The zero-order valence-electron chi connectivity index (χ0n) is 26.2. The lowest BCUT2D eigenvalue weighted by Crippen LogP contribution is -2.28. The molecule has 4 aromatic rings. The molecule has 0 bridgehead atoms. The first-order valence-electron chi connectivity index (χ1n) is 14.5. The number of halogens is 1. The molecular formula is C31H35ClN10O6. The summed E-state index contributed by atoms with van der Waals surface area (Å²) in [5.41, 5.74) is 7.80. The lowest BCUT2D eigenvalue weighted by atomic mass is 10.1. The molecule has 1 saturated heterocycles. The van der Waals surface area contributed by atoms with Gasteiger partial charge >= 0.3 is 0 Å². The van der Waals surface area contributed by atoms with E-state index in [0.29, 0.717) is 35.1 Å². The predicted octanol–water partition coefficient (Wildman–Crippen LogP) is 2.27. The van der Waals surface area contributed by atoms with E-state index in [0.717, 1.165) is 0 Å². The number of hydrogen-bond donors (Lipinski definition) is 7. The third kappa shape index (κ3) is 8.28. The molecule has 17 heteroatoms. The molecule has 5 amide bonds. The van der Waals surface area contributed by atoms with E-state index in [-0.39, 0.29) is 60.0 Å². The molecular weight excluding hydrogens is 644 g/mol. The van der Waals surface area contributed by atoms with Crippen molar-refractivity contribution in [1.29, 1.82) is 5.41 Å². The molecule has 0 spiro atoms. The number of rotatable bonds is 12. The van der Waals surface area contributed by atoms with Crippen LogP contribution in [0.5, 0.6) is 0 Å². The zero-order chi connectivity index (χ0) is 33.8. The van der Waals surface area contributed by atoms with Gasteiger partial charge in [0.15, 0.2) is 6.10 Å². The maximum absolute atomic E-state index is 13.2. The second-order valence-corrected chi connectivity index (χ2v) is 10.9. The average Bonchev–Trinajstić information content (AvgIpc) is 3.58. The Bertz CT molecular complexity index is 1900. The Morgan fingerprint density at radius 2 is 1.23 bits per heavy atom. The summed E-state index contributed by atoms with van der Waals surface area (Å²) in [5, 5.41) is 20.9. The third-order valence-electron chi connectivity index (χ3n) is 7.22. The number of aromatic nitrogens is 3. The summed E-state index contributed by atoms with van der Waals surface area (Å²) in [7, 11) is 4.96. The minimum atomic E-state index is -0.515. The van der Waals surface area contributed by atoms with E-state index in [1.165, 1.54) is 18.2 Å². The summed E-state index contributed by atoms with van der Waals surface area (Å²) >= 11 is 0. The van der Waals surface area contributed by atoms with Gasteiger partial charge in [-0.3, -0.25) is 29.4 Å². The van der Waals surface area contributed by atoms with Crippen LogP contribution in [-0.2, 0) is 30.7 Å². The summed E-state index contributed by atoms with van der Waals surface area (Å²) in [4.78, 5) is 63.9. The Morgan fingerprint density at radius 1 is 0.771 bits per heavy atom. The quantitative estimate of drug-likeness (QED) is 0.0672. The molecule has 8 N–H and O–H groups in total. The molecule has 5 rings (SSSR count). The number of hydrogen-bond acceptors (Lipinski definition) is 7. The molecule has 0 radical (unpaired) electrons. The lowest BCUT2D eigenvalue weighted by Gasteiger charge is -2.10. The van der Waals surface area contributed by atoms with Crippen LogP contribution in [0, 0.1) is 5.41 Å². The minimum absolute atomic E-state index is 0. The van der Waals surface area contributed by atoms with Crippen molar-refractivity contribution in [3.05, 3.63) is 83.7 Å². The van der Waals surface area contributed by atoms with Crippen LogP contribution >= 0.6 is 12.4 Å². The summed E-state index contributed by atoms with van der Waals surface area (Å²) in [6.07, 6.45) is 4.45. The summed E-state index contributed by atoms with van der Waals surface area (Å²) in [5.74, 6) is -2.17. The van der Waals surface area contributed by atoms with Crippen molar-refractivity contribution in [3.8, 4) is 0 Å². The molecule has 1 unspecified atom stereocenters. The monoisotopic (exact) mass is 678 g/mol. The van der Waals surface area contributed by atoms with E-state index in [1.54, 1.807) is 77.7 Å². The number of carbonyl (C=O) groups is 5. The fraction of sp³-hybridized carbons (Fsp3) is 0.226. The van der Waals surface area contributed by atoms with Gasteiger partial charge in [-0.05, 0) is 30.3 Å². The van der Waals surface area contributed by atoms with Crippen molar-refractivity contribution >= 4 is 70.5 Å². The van der Waals surface area contributed by atoms with Gasteiger partial charge in [0.25, 0.3) is 29.5 Å². The van der Waals surface area contributed by atoms with E-state index in [4.69, 9.17) is 15.9 Å². The number of anilines is 4. The van der Waals surface area contributed by atoms with Crippen LogP contribution in [0.1, 0.15) is 48.2 Å². The van der Waals surface area contributed by atoms with Crippen molar-refractivity contribution in [2.75, 3.05) is 34.4 Å². The second-order valence-electron chi connectivity index (χ2n) is 10.9. The maximum atomic E-state index is 13.2. The number of amidine groups is 1. The van der Waals surface area contributed by atoms with E-state index in [9.17, 15) is 24.0 Å². The smallest absolute Gasteiger partial charge is 0.272 e. The highest BCUT2D eigenvalue weighted by Gasteiger charge is 2.32. The number of para-hydroxylation sites is 1. The van der Waals surface area contributed by atoms with E-state index in [1.807, 2.05) is 0 Å². The van der Waals surface area contributed by atoms with Gasteiger partial charge in [0.2, 0.25) is 0 Å². The fourth-order valence-corrected chi connectivity index (χ4v) is 4.77. The van der Waals surface area contributed by atoms with Crippen LogP contribution in [-0.4, -0.2) is 68.3 Å². The number of benzene rings is 1. The molecule has 0 saturated carbocycles. The van der Waals surface area contributed by atoms with Gasteiger partial charge in [0.05, 0.1) is 40.8 Å². The highest BCUT2D eigenvalue weighted by Crippen LogP contribution is 2.22. The van der Waals surface area contributed by atoms with Gasteiger partial charge in [-0.15, -0.1) is 12.4 Å². The molecule has 1 atom stereocenters. The van der Waals surface area contributed by atoms with Crippen molar-refractivity contribution in [2.24, 2.45) is 26.9 Å². The summed E-state index contributed by atoms with van der Waals surface area (Å²) in [6, 6.07) is 11.1. The number of carbonyl (C=O) groups excluding carboxylic acids is 5. The molecule has 1 aromatic carbocycles. The normalized spacial score (nSPS) is 13.1. The minimum Gasteiger partial charge on any atom is -0.388 e. The maximum Gasteiger partial charge on any atom is 0.272 e. The fourth-order valence-electron chi connectivity index (χ4n) is 4.77. The van der Waals surface area contributed by atoms with Gasteiger partial charge in [-0.25, -0.2) is 0 Å². The van der Waals surface area contributed by atoms with Gasteiger partial charge in [-0.2, -0.15) is 0 Å². The molecule has 4 heterocycles. The van der Waals surface area contributed by atoms with Crippen LogP contribution in [0.4, 0.5) is 22.7 Å². The molecule has 252 valence electrons. The Hall–Kier alpha value is -5.87. The predicted molar refractivity (Wildman–Crippen MR) is 181 cm³/mol. The second kappa shape index (κ2) is 14.7. The lowest BCUT2D eigenvalue weighted by molar-refractivity contribution is -0.117. The Morgan fingerprint density at radius 3 is 1.71 bits per heavy atom. The number of aryl methyl sites for hydroxylation is 3. The van der Waals surface area contributed by atoms with Crippen LogP contribution in [0.3, 0.4) is 0 Å². The average molecular weight is 679 g/mol. The molecule has 3 aromatic heterocycles. The molecule has 0 aliphatic carbocycles. The van der Waals surface area contributed by atoms with Crippen LogP contribution < -0.4 is 32.3 Å². The largest absolute Gasteiger partial charge is 0.388 e. The first-order valence-corrected chi connectivity index (χ1v) is 14.5. The Labute approximate surface area is 280 Å². The third-order valence-corrected chi connectivity index (χ3v) is 7.22. The Balaban J connectivity index is 0.00000520. The standard InChI is InChI=1S/C31H34N10O6.ClH/c1-39-14-18(10-22(39)28(43)34-9-8-26(32)33)36-30(45)24-12-19(15-41(24)3)37-29(44)23-11-17(13-40(23)2)35-27(42)20-6-4-5-7-21(20)38-31(46)25-16-47-25;/h4-7,10-15,25H,8-9,16H2,1-3H3,(H3,32,33)(H,34,43)(H,35,42)(H,36,45)(H,37,44)(H,38,46);1H. The van der Waals surface area contributed by atoms with Crippen molar-refractivity contribution < 1.29 is 28.7 Å². The number of epoxide rings is 1. The van der Waals surface area contributed by atoms with Crippen molar-refractivity contribution in [1.82, 2.24) is 19.0 Å². The van der Waals surface area contributed by atoms with Crippen LogP contribution in [0.15, 0.2) is 61.1 Å². The first-order chi connectivity index (χ1) is 22.4. The SMILES string of the molecule is Cl.Cn1cc(NC(=O)c2cc(NC(=O)c3cc(NC(=O)c4ccccc4NC(=O)C4CO4)cn3C)cn2C)cc1C(=O)NCCC(=N)N. The van der Waals surface area contributed by atoms with E-state index < -0.39 is 23.8 Å². The molecule has 1 fully saturated rings. The highest BCUT2D eigenvalue weighted by atomic mass is 35.5. The highest BCUT2D eigenvalue weighted by molar-refractivity contribution is 6.12. The van der Waals surface area contributed by atoms with Gasteiger partial charge in [-0.1, -0.05) is 12.1 Å². The van der Waals surface area contributed by atoms with Crippen molar-refractivity contribution in [2.45, 2.75) is 12.5 Å². The Kier molecular flexibility index (Phi) is 10.7. The summed E-state index contributed by atoms with van der Waals surface area (Å²) < 4.78 is 9.65.